The molecule has 0 atom stereocenters. The van der Waals surface area contributed by atoms with Gasteiger partial charge in [0.05, 0.1) is 0 Å². The van der Waals surface area contributed by atoms with Crippen LogP contribution in [0.3, 0.4) is 0 Å². The van der Waals surface area contributed by atoms with Crippen LogP contribution in [0.25, 0.3) is 0 Å². The van der Waals surface area contributed by atoms with Crippen molar-refractivity contribution >= 4 is 6.09 Å². The molecule has 0 aromatic heterocycles. The lowest BCUT2D eigenvalue weighted by Gasteiger charge is -2.27. The minimum Gasteiger partial charge on any atom is -0.444 e. The standard InChI is InChI=1S/C16H24NO2/c1-5-6-12-17(15(18)19-16(2,3)4)13-14-10-8-7-9-11-14/h7-11H,1,5-6,12-13H2,2-4H3. The molecule has 0 saturated carbocycles. The maximum Gasteiger partial charge on any atom is 0.410 e. The minimum absolute atomic E-state index is 0.259. The average molecular weight is 262 g/mol. The molecule has 3 nitrogen and oxygen atoms in total. The smallest absolute Gasteiger partial charge is 0.410 e. The van der Waals surface area contributed by atoms with Crippen LogP contribution >= 0.6 is 0 Å². The molecule has 0 aliphatic rings. The summed E-state index contributed by atoms with van der Waals surface area (Å²) in [5, 5.41) is 0. The molecule has 0 saturated heterocycles. The van der Waals surface area contributed by atoms with Crippen LogP contribution in [0.1, 0.15) is 39.2 Å². The zero-order chi connectivity index (χ0) is 14.3. The van der Waals surface area contributed by atoms with E-state index in [1.165, 1.54) is 0 Å². The Hall–Kier alpha value is -1.51. The van der Waals surface area contributed by atoms with Gasteiger partial charge in [-0.1, -0.05) is 43.7 Å². The van der Waals surface area contributed by atoms with Crippen LogP contribution in [0.15, 0.2) is 30.3 Å². The second-order valence-electron chi connectivity index (χ2n) is 5.59. The molecular weight excluding hydrogens is 238 g/mol. The van der Waals surface area contributed by atoms with Crippen molar-refractivity contribution in [2.45, 2.75) is 45.8 Å². The van der Waals surface area contributed by atoms with Crippen LogP contribution in [0, 0.1) is 6.92 Å². The summed E-state index contributed by atoms with van der Waals surface area (Å²) in [7, 11) is 0. The summed E-state index contributed by atoms with van der Waals surface area (Å²) in [4.78, 5) is 13.9. The summed E-state index contributed by atoms with van der Waals surface area (Å²) in [6, 6.07) is 9.95. The highest BCUT2D eigenvalue weighted by atomic mass is 16.6. The largest absolute Gasteiger partial charge is 0.444 e. The predicted octanol–water partition coefficient (Wildman–Crippen LogP) is 4.04. The fraction of sp³-hybridized carbons (Fsp3) is 0.500. The zero-order valence-corrected chi connectivity index (χ0v) is 12.2. The normalized spacial score (nSPS) is 11.2. The number of carbonyl (C=O) groups is 1. The second kappa shape index (κ2) is 7.17. The number of rotatable bonds is 5. The number of unbranched alkanes of at least 4 members (excludes halogenated alkanes) is 1. The summed E-state index contributed by atoms with van der Waals surface area (Å²) in [6.07, 6.45) is 1.44. The van der Waals surface area contributed by atoms with Crippen LogP contribution in [0.2, 0.25) is 0 Å². The predicted molar refractivity (Wildman–Crippen MR) is 77.7 cm³/mol. The number of amides is 1. The van der Waals surface area contributed by atoms with Crippen molar-refractivity contribution in [3.8, 4) is 0 Å². The van der Waals surface area contributed by atoms with E-state index in [2.05, 4.69) is 6.92 Å². The van der Waals surface area contributed by atoms with Crippen molar-refractivity contribution in [2.75, 3.05) is 6.54 Å². The molecule has 0 aliphatic carbocycles. The third kappa shape index (κ3) is 6.27. The van der Waals surface area contributed by atoms with E-state index in [1.54, 1.807) is 4.90 Å². The van der Waals surface area contributed by atoms with E-state index in [-0.39, 0.29) is 6.09 Å². The Morgan fingerprint density at radius 1 is 1.26 bits per heavy atom. The Bertz CT molecular complexity index is 381. The van der Waals surface area contributed by atoms with Gasteiger partial charge in [-0.25, -0.2) is 4.79 Å². The van der Waals surface area contributed by atoms with Gasteiger partial charge in [-0.05, 0) is 32.8 Å². The Kier molecular flexibility index (Phi) is 5.87. The molecule has 0 N–H and O–H groups in total. The van der Waals surface area contributed by atoms with Crippen molar-refractivity contribution in [3.63, 3.8) is 0 Å². The number of ether oxygens (including phenoxy) is 1. The van der Waals surface area contributed by atoms with Gasteiger partial charge in [0.15, 0.2) is 0 Å². The summed E-state index contributed by atoms with van der Waals surface area (Å²) in [5.74, 6) is 0. The Labute approximate surface area is 116 Å². The third-order valence-corrected chi connectivity index (χ3v) is 2.55. The van der Waals surface area contributed by atoms with Crippen molar-refractivity contribution in [1.29, 1.82) is 0 Å². The Balaban J connectivity index is 2.68. The molecule has 0 fully saturated rings. The first-order valence-corrected chi connectivity index (χ1v) is 6.73. The lowest BCUT2D eigenvalue weighted by Crippen LogP contribution is -2.37. The molecule has 105 valence electrons. The van der Waals surface area contributed by atoms with E-state index in [4.69, 9.17) is 4.74 Å². The highest BCUT2D eigenvalue weighted by Gasteiger charge is 2.21. The monoisotopic (exact) mass is 262 g/mol. The first kappa shape index (κ1) is 15.5. The van der Waals surface area contributed by atoms with Gasteiger partial charge in [-0.3, -0.25) is 0 Å². The molecule has 19 heavy (non-hydrogen) atoms. The average Bonchev–Trinajstić information content (AvgIpc) is 2.33. The molecule has 3 heteroatoms. The van der Waals surface area contributed by atoms with E-state index in [1.807, 2.05) is 51.1 Å². The van der Waals surface area contributed by atoms with Crippen LogP contribution in [-0.4, -0.2) is 23.1 Å². The second-order valence-corrected chi connectivity index (χ2v) is 5.59. The Morgan fingerprint density at radius 2 is 1.89 bits per heavy atom. The van der Waals surface area contributed by atoms with Gasteiger partial charge in [-0.2, -0.15) is 0 Å². The van der Waals surface area contributed by atoms with Gasteiger partial charge < -0.3 is 9.64 Å². The van der Waals surface area contributed by atoms with Crippen molar-refractivity contribution in [1.82, 2.24) is 4.90 Å². The van der Waals surface area contributed by atoms with E-state index in [0.29, 0.717) is 13.1 Å². The maximum absolute atomic E-state index is 12.2. The van der Waals surface area contributed by atoms with Crippen molar-refractivity contribution < 1.29 is 9.53 Å². The van der Waals surface area contributed by atoms with Crippen LogP contribution in [0.5, 0.6) is 0 Å². The first-order chi connectivity index (χ1) is 8.92. The molecule has 1 radical (unpaired) electrons. The molecule has 1 rings (SSSR count). The number of nitrogens with zero attached hydrogens (tertiary/aromatic N) is 1. The molecule has 1 aromatic rings. The third-order valence-electron chi connectivity index (χ3n) is 2.55. The van der Waals surface area contributed by atoms with Gasteiger partial charge in [0.2, 0.25) is 0 Å². The quantitative estimate of drug-likeness (QED) is 0.801. The van der Waals surface area contributed by atoms with E-state index in [9.17, 15) is 4.79 Å². The topological polar surface area (TPSA) is 29.5 Å². The summed E-state index contributed by atoms with van der Waals surface area (Å²) < 4.78 is 5.44. The molecule has 1 aromatic carbocycles. The van der Waals surface area contributed by atoms with E-state index >= 15 is 0 Å². The van der Waals surface area contributed by atoms with Crippen molar-refractivity contribution in [3.05, 3.63) is 42.8 Å². The van der Waals surface area contributed by atoms with E-state index in [0.717, 1.165) is 18.4 Å². The van der Waals surface area contributed by atoms with Crippen molar-refractivity contribution in [2.24, 2.45) is 0 Å². The summed E-state index contributed by atoms with van der Waals surface area (Å²) in [5.41, 5.74) is 0.647. The van der Waals surface area contributed by atoms with Gasteiger partial charge >= 0.3 is 6.09 Å². The van der Waals surface area contributed by atoms with Gasteiger partial charge in [0.25, 0.3) is 0 Å². The highest BCUT2D eigenvalue weighted by Crippen LogP contribution is 2.13. The minimum atomic E-state index is -0.462. The SMILES string of the molecule is [CH2]CCCN(Cc1ccccc1)C(=O)OC(C)(C)C. The molecule has 0 bridgehead atoms. The fourth-order valence-corrected chi connectivity index (χ4v) is 1.67. The number of hydrogen-bond acceptors (Lipinski definition) is 2. The molecule has 1 amide bonds. The first-order valence-electron chi connectivity index (χ1n) is 6.73. The molecule has 0 aliphatic heterocycles. The zero-order valence-electron chi connectivity index (χ0n) is 12.2. The number of benzene rings is 1. The van der Waals surface area contributed by atoms with Gasteiger partial charge in [-0.15, -0.1) is 0 Å². The molecule has 0 spiro atoms. The number of hydrogen-bond donors (Lipinski definition) is 0. The van der Waals surface area contributed by atoms with E-state index < -0.39 is 5.60 Å². The summed E-state index contributed by atoms with van der Waals surface area (Å²) >= 11 is 0. The van der Waals surface area contributed by atoms with Crippen LogP contribution in [-0.2, 0) is 11.3 Å². The lowest BCUT2D eigenvalue weighted by molar-refractivity contribution is 0.0232. The highest BCUT2D eigenvalue weighted by molar-refractivity contribution is 5.68. The van der Waals surface area contributed by atoms with Gasteiger partial charge in [0.1, 0.15) is 5.60 Å². The molecular formula is C16H24NO2. The fourth-order valence-electron chi connectivity index (χ4n) is 1.67. The van der Waals surface area contributed by atoms with Crippen LogP contribution < -0.4 is 0 Å². The van der Waals surface area contributed by atoms with Gasteiger partial charge in [0, 0.05) is 13.1 Å². The summed E-state index contributed by atoms with van der Waals surface area (Å²) in [6.45, 7) is 10.7. The van der Waals surface area contributed by atoms with Crippen LogP contribution in [0.4, 0.5) is 4.79 Å². The Morgan fingerprint density at radius 3 is 2.42 bits per heavy atom. The molecule has 0 unspecified atom stereocenters. The maximum atomic E-state index is 12.2. The molecule has 0 heterocycles. The number of carbonyl (C=O) groups excluding carboxylic acids is 1. The lowest BCUT2D eigenvalue weighted by atomic mass is 10.2.